The summed E-state index contributed by atoms with van der Waals surface area (Å²) >= 11 is 0. The summed E-state index contributed by atoms with van der Waals surface area (Å²) in [6.07, 6.45) is -0.124. The van der Waals surface area contributed by atoms with Crippen LogP contribution in [-0.4, -0.2) is 32.7 Å². The molecule has 9 heteroatoms. The molecule has 0 saturated heterocycles. The van der Waals surface area contributed by atoms with Crippen molar-refractivity contribution >= 4 is 29.3 Å². The number of carboxylic acids is 1. The van der Waals surface area contributed by atoms with Gasteiger partial charge in [-0.25, -0.2) is 13.9 Å². The summed E-state index contributed by atoms with van der Waals surface area (Å²) < 4.78 is 14.7. The summed E-state index contributed by atoms with van der Waals surface area (Å²) in [5.41, 5.74) is 2.16. The lowest BCUT2D eigenvalue weighted by molar-refractivity contribution is -0.125. The molecule has 152 valence electrons. The lowest BCUT2D eigenvalue weighted by Crippen LogP contribution is -2.36. The molecular weight excluding hydrogens is 391 g/mol. The van der Waals surface area contributed by atoms with Crippen LogP contribution in [0, 0.1) is 12.7 Å². The molecule has 0 fully saturated rings. The van der Waals surface area contributed by atoms with Crippen LogP contribution < -0.4 is 10.6 Å². The summed E-state index contributed by atoms with van der Waals surface area (Å²) in [6, 6.07) is 10.7. The second kappa shape index (κ2) is 7.43. The quantitative estimate of drug-likeness (QED) is 0.613. The Bertz CT molecular complexity index is 1170. The number of carboxylic acid groups (broad SMARTS) is 1. The molecule has 0 unspecified atom stereocenters. The molecule has 30 heavy (non-hydrogen) atoms. The highest BCUT2D eigenvalue weighted by atomic mass is 19.1. The highest BCUT2D eigenvalue weighted by Gasteiger charge is 2.34. The van der Waals surface area contributed by atoms with Gasteiger partial charge in [-0.3, -0.25) is 9.59 Å². The van der Waals surface area contributed by atoms with Gasteiger partial charge in [0.05, 0.1) is 17.7 Å². The molecule has 2 amide bonds. The van der Waals surface area contributed by atoms with Crippen LogP contribution in [-0.2, 0) is 9.59 Å². The lowest BCUT2D eigenvalue weighted by atomic mass is 10.1. The molecule has 1 aliphatic rings. The maximum absolute atomic E-state index is 13.3. The first-order valence-corrected chi connectivity index (χ1v) is 9.12. The van der Waals surface area contributed by atoms with Crippen molar-refractivity contribution in [2.45, 2.75) is 19.4 Å². The first-order chi connectivity index (χ1) is 14.3. The van der Waals surface area contributed by atoms with E-state index in [2.05, 4.69) is 15.7 Å². The fourth-order valence-corrected chi connectivity index (χ4v) is 3.38. The third kappa shape index (κ3) is 3.52. The van der Waals surface area contributed by atoms with E-state index in [9.17, 15) is 18.8 Å². The van der Waals surface area contributed by atoms with Crippen molar-refractivity contribution in [3.8, 4) is 11.3 Å². The van der Waals surface area contributed by atoms with Gasteiger partial charge in [-0.1, -0.05) is 6.07 Å². The number of hydrogen-bond donors (Lipinski definition) is 3. The molecule has 0 spiro atoms. The smallest absolute Gasteiger partial charge is 0.335 e. The molecule has 3 N–H and O–H groups in total. The van der Waals surface area contributed by atoms with E-state index in [0.29, 0.717) is 28.3 Å². The summed E-state index contributed by atoms with van der Waals surface area (Å²) in [7, 11) is 0. The van der Waals surface area contributed by atoms with Gasteiger partial charge in [-0.05, 0) is 49.4 Å². The molecule has 8 nitrogen and oxygen atoms in total. The Morgan fingerprint density at radius 2 is 1.97 bits per heavy atom. The highest BCUT2D eigenvalue weighted by Crippen LogP contribution is 2.34. The number of benzene rings is 2. The third-order valence-electron chi connectivity index (χ3n) is 4.88. The summed E-state index contributed by atoms with van der Waals surface area (Å²) in [4.78, 5) is 36.3. The van der Waals surface area contributed by atoms with E-state index in [0.717, 1.165) is 0 Å². The van der Waals surface area contributed by atoms with Crippen LogP contribution in [0.5, 0.6) is 0 Å². The molecule has 0 radical (unpaired) electrons. The van der Waals surface area contributed by atoms with Gasteiger partial charge in [0.25, 0.3) is 0 Å². The lowest BCUT2D eigenvalue weighted by Gasteiger charge is -2.24. The van der Waals surface area contributed by atoms with Crippen LogP contribution in [0.2, 0.25) is 0 Å². The van der Waals surface area contributed by atoms with Crippen LogP contribution in [0.1, 0.15) is 28.4 Å². The van der Waals surface area contributed by atoms with E-state index < -0.39 is 17.9 Å². The number of rotatable bonds is 4. The molecule has 1 atom stereocenters. The maximum Gasteiger partial charge on any atom is 0.335 e. The first-order valence-electron chi connectivity index (χ1n) is 9.12. The Balaban J connectivity index is 1.68. The highest BCUT2D eigenvalue weighted by molar-refractivity contribution is 6.02. The van der Waals surface area contributed by atoms with Crippen LogP contribution in [0.25, 0.3) is 11.3 Å². The van der Waals surface area contributed by atoms with Gasteiger partial charge in [0.15, 0.2) is 0 Å². The molecule has 1 aliphatic heterocycles. The minimum Gasteiger partial charge on any atom is -0.478 e. The van der Waals surface area contributed by atoms with Crippen molar-refractivity contribution in [3.63, 3.8) is 0 Å². The Kier molecular flexibility index (Phi) is 4.78. The van der Waals surface area contributed by atoms with Crippen molar-refractivity contribution in [1.29, 1.82) is 0 Å². The Hall–Kier alpha value is -4.01. The zero-order valence-electron chi connectivity index (χ0n) is 15.8. The van der Waals surface area contributed by atoms with Crippen LogP contribution in [0.3, 0.4) is 0 Å². The largest absolute Gasteiger partial charge is 0.478 e. The van der Waals surface area contributed by atoms with Crippen molar-refractivity contribution in [1.82, 2.24) is 9.78 Å². The molecule has 1 aromatic heterocycles. The minimum atomic E-state index is -1.11. The van der Waals surface area contributed by atoms with Gasteiger partial charge in [0, 0.05) is 16.8 Å². The number of aromatic nitrogens is 2. The number of carbonyl (C=O) groups is 3. The average Bonchev–Trinajstić information content (AvgIpc) is 3.04. The first kappa shape index (κ1) is 19.3. The zero-order chi connectivity index (χ0) is 21.4. The number of nitrogens with zero attached hydrogens (tertiary/aromatic N) is 2. The number of carbonyl (C=O) groups excluding carboxylic acids is 2. The predicted molar refractivity (Wildman–Crippen MR) is 107 cm³/mol. The fourth-order valence-electron chi connectivity index (χ4n) is 3.38. The molecular formula is C21H17FN4O4. The number of hydrogen-bond acceptors (Lipinski definition) is 4. The van der Waals surface area contributed by atoms with Gasteiger partial charge in [0.2, 0.25) is 11.8 Å². The van der Waals surface area contributed by atoms with Gasteiger partial charge in [-0.2, -0.15) is 5.10 Å². The number of amides is 2. The molecule has 2 heterocycles. The molecule has 0 bridgehead atoms. The van der Waals surface area contributed by atoms with Crippen molar-refractivity contribution in [2.24, 2.45) is 0 Å². The van der Waals surface area contributed by atoms with Crippen molar-refractivity contribution in [2.75, 3.05) is 10.6 Å². The SMILES string of the molecule is Cc1c(-c2ccc(F)cc2)nn2c1NC(=O)C[C@H]2C(=O)Nc1cccc(C(=O)O)c1. The number of nitrogens with one attached hydrogen (secondary N) is 2. The Morgan fingerprint density at radius 1 is 1.23 bits per heavy atom. The topological polar surface area (TPSA) is 113 Å². The van der Waals surface area contributed by atoms with Gasteiger partial charge in [-0.15, -0.1) is 0 Å². The van der Waals surface area contributed by atoms with Gasteiger partial charge in [0.1, 0.15) is 17.7 Å². The minimum absolute atomic E-state index is 0.0309. The predicted octanol–water partition coefficient (Wildman–Crippen LogP) is 3.22. The van der Waals surface area contributed by atoms with E-state index in [1.54, 1.807) is 25.1 Å². The number of halogens is 1. The van der Waals surface area contributed by atoms with Crippen LogP contribution >= 0.6 is 0 Å². The fraction of sp³-hybridized carbons (Fsp3) is 0.143. The van der Waals surface area contributed by atoms with Gasteiger partial charge >= 0.3 is 5.97 Å². The van der Waals surface area contributed by atoms with Gasteiger partial charge < -0.3 is 15.7 Å². The summed E-state index contributed by atoms with van der Waals surface area (Å²) in [6.45, 7) is 1.76. The number of anilines is 2. The monoisotopic (exact) mass is 408 g/mol. The second-order valence-electron chi connectivity index (χ2n) is 6.92. The molecule has 3 aromatic rings. The molecule has 4 rings (SSSR count). The second-order valence-corrected chi connectivity index (χ2v) is 6.92. The molecule has 0 saturated carbocycles. The zero-order valence-corrected chi connectivity index (χ0v) is 15.8. The van der Waals surface area contributed by atoms with E-state index in [1.165, 1.54) is 35.0 Å². The Labute approximate surface area is 170 Å². The standard InChI is InChI=1S/C21H17FN4O4/c1-11-18(12-5-7-14(22)8-6-12)25-26-16(10-17(27)24-19(11)26)20(28)23-15-4-2-3-13(9-15)21(29)30/h2-9,16H,10H2,1H3,(H,23,28)(H,24,27)(H,29,30)/t16-/m0/s1. The van der Waals surface area contributed by atoms with E-state index in [1.807, 2.05) is 0 Å². The van der Waals surface area contributed by atoms with Crippen molar-refractivity contribution in [3.05, 3.63) is 65.5 Å². The van der Waals surface area contributed by atoms with Crippen molar-refractivity contribution < 1.29 is 23.9 Å². The van der Waals surface area contributed by atoms with E-state index in [4.69, 9.17) is 5.11 Å². The van der Waals surface area contributed by atoms with Crippen LogP contribution in [0.15, 0.2) is 48.5 Å². The average molecular weight is 408 g/mol. The summed E-state index contributed by atoms with van der Waals surface area (Å²) in [5.74, 6) is -1.94. The molecule has 2 aromatic carbocycles. The maximum atomic E-state index is 13.3. The normalized spacial score (nSPS) is 15.3. The summed E-state index contributed by atoms with van der Waals surface area (Å²) in [5, 5.41) is 19.0. The molecule has 0 aliphatic carbocycles. The van der Waals surface area contributed by atoms with E-state index in [-0.39, 0.29) is 23.7 Å². The van der Waals surface area contributed by atoms with Crippen LogP contribution in [0.4, 0.5) is 15.9 Å². The number of aromatic carboxylic acids is 1. The number of fused-ring (bicyclic) bond motifs is 1. The Morgan fingerprint density at radius 3 is 2.67 bits per heavy atom. The van der Waals surface area contributed by atoms with E-state index >= 15 is 0 Å². The third-order valence-corrected chi connectivity index (χ3v) is 4.88.